The molecule has 4 nitrogen and oxygen atoms in total. The van der Waals surface area contributed by atoms with Crippen molar-refractivity contribution in [1.29, 1.82) is 0 Å². The quantitative estimate of drug-likeness (QED) is 0.436. The van der Waals surface area contributed by atoms with Crippen molar-refractivity contribution in [2.75, 3.05) is 13.7 Å². The molecular weight excluding hydrogens is 420 g/mol. The van der Waals surface area contributed by atoms with Gasteiger partial charge in [0.05, 0.1) is 12.6 Å². The lowest BCUT2D eigenvalue weighted by Crippen LogP contribution is -2.37. The fourth-order valence-corrected chi connectivity index (χ4v) is 4.95. The molecule has 3 aromatic carbocycles. The van der Waals surface area contributed by atoms with Crippen LogP contribution in [-0.2, 0) is 22.6 Å². The molecule has 1 unspecified atom stereocenters. The third kappa shape index (κ3) is 6.34. The average molecular weight is 457 g/mol. The molecule has 1 fully saturated rings. The maximum absolute atomic E-state index is 13.3. The van der Waals surface area contributed by atoms with Gasteiger partial charge >= 0.3 is 0 Å². The number of ether oxygens (including phenoxy) is 1. The molecule has 4 heteroatoms. The maximum atomic E-state index is 13.3. The van der Waals surface area contributed by atoms with E-state index in [9.17, 15) is 4.79 Å². The van der Waals surface area contributed by atoms with Crippen molar-refractivity contribution in [3.8, 4) is 11.1 Å². The van der Waals surface area contributed by atoms with Crippen LogP contribution in [0.3, 0.4) is 0 Å². The lowest BCUT2D eigenvalue weighted by molar-refractivity contribution is -0.127. The fourth-order valence-electron chi connectivity index (χ4n) is 4.95. The number of benzene rings is 3. The van der Waals surface area contributed by atoms with Gasteiger partial charge in [-0.15, -0.1) is 0 Å². The first kappa shape index (κ1) is 24.2. The molecule has 3 N–H and O–H groups in total. The second-order valence-electron chi connectivity index (χ2n) is 9.46. The van der Waals surface area contributed by atoms with Crippen LogP contribution in [0.2, 0.25) is 0 Å². The number of methoxy groups -OCH3 is 1. The molecule has 0 spiro atoms. The molecule has 0 saturated heterocycles. The monoisotopic (exact) mass is 456 g/mol. The van der Waals surface area contributed by atoms with Crippen molar-refractivity contribution in [3.63, 3.8) is 0 Å². The number of carbonyl (C=O) groups is 1. The summed E-state index contributed by atoms with van der Waals surface area (Å²) in [5, 5.41) is 3.40. The van der Waals surface area contributed by atoms with Gasteiger partial charge in [-0.1, -0.05) is 72.8 Å². The molecule has 1 aliphatic rings. The highest BCUT2D eigenvalue weighted by molar-refractivity contribution is 5.79. The van der Waals surface area contributed by atoms with E-state index in [0.717, 1.165) is 60.9 Å². The molecule has 0 radical (unpaired) electrons. The van der Waals surface area contributed by atoms with Crippen molar-refractivity contribution in [3.05, 3.63) is 95.6 Å². The lowest BCUT2D eigenvalue weighted by Gasteiger charge is -2.29. The summed E-state index contributed by atoms with van der Waals surface area (Å²) in [5.41, 5.74) is 11.7. The first-order chi connectivity index (χ1) is 16.7. The number of amides is 1. The second kappa shape index (κ2) is 12.0. The highest BCUT2D eigenvalue weighted by atomic mass is 16.5. The normalized spacial score (nSPS) is 18.9. The largest absolute Gasteiger partial charge is 0.380 e. The second-order valence-corrected chi connectivity index (χ2v) is 9.46. The van der Waals surface area contributed by atoms with Gasteiger partial charge in [-0.25, -0.2) is 0 Å². The Morgan fingerprint density at radius 2 is 1.65 bits per heavy atom. The van der Waals surface area contributed by atoms with Crippen molar-refractivity contribution in [2.45, 2.75) is 44.8 Å². The summed E-state index contributed by atoms with van der Waals surface area (Å²) in [7, 11) is 1.71. The van der Waals surface area contributed by atoms with Crippen LogP contribution >= 0.6 is 0 Å². The van der Waals surface area contributed by atoms with Crippen LogP contribution in [0.4, 0.5) is 0 Å². The predicted molar refractivity (Wildman–Crippen MR) is 138 cm³/mol. The van der Waals surface area contributed by atoms with Crippen LogP contribution in [0, 0.1) is 11.8 Å². The van der Waals surface area contributed by atoms with Gasteiger partial charge < -0.3 is 15.8 Å². The SMILES string of the molecule is COCc1ccc(-c2cccc(C(Cc3ccccc3)NC(=O)C3CCC(CN)CC3)c2)cc1. The first-order valence-corrected chi connectivity index (χ1v) is 12.4. The zero-order valence-corrected chi connectivity index (χ0v) is 20.1. The minimum absolute atomic E-state index is 0.0742. The zero-order valence-electron chi connectivity index (χ0n) is 20.1. The molecule has 3 aromatic rings. The van der Waals surface area contributed by atoms with E-state index in [-0.39, 0.29) is 17.9 Å². The van der Waals surface area contributed by atoms with E-state index in [2.05, 4.69) is 78.1 Å². The summed E-state index contributed by atoms with van der Waals surface area (Å²) in [5.74, 6) is 0.819. The van der Waals surface area contributed by atoms with E-state index in [1.54, 1.807) is 7.11 Å². The van der Waals surface area contributed by atoms with E-state index in [1.165, 1.54) is 5.56 Å². The number of hydrogen-bond acceptors (Lipinski definition) is 3. The molecule has 4 rings (SSSR count). The van der Waals surface area contributed by atoms with Crippen LogP contribution in [-0.4, -0.2) is 19.6 Å². The number of hydrogen-bond donors (Lipinski definition) is 2. The van der Waals surface area contributed by atoms with Crippen LogP contribution in [0.15, 0.2) is 78.9 Å². The Hall–Kier alpha value is -2.95. The van der Waals surface area contributed by atoms with Crippen molar-refractivity contribution >= 4 is 5.91 Å². The van der Waals surface area contributed by atoms with Gasteiger partial charge in [0, 0.05) is 13.0 Å². The van der Waals surface area contributed by atoms with Gasteiger partial charge in [-0.05, 0) is 78.5 Å². The van der Waals surface area contributed by atoms with Gasteiger partial charge in [0.1, 0.15) is 0 Å². The van der Waals surface area contributed by atoms with Crippen molar-refractivity contribution < 1.29 is 9.53 Å². The van der Waals surface area contributed by atoms with E-state index in [1.807, 2.05) is 6.07 Å². The molecule has 34 heavy (non-hydrogen) atoms. The molecule has 0 bridgehead atoms. The topological polar surface area (TPSA) is 64.3 Å². The minimum Gasteiger partial charge on any atom is -0.380 e. The van der Waals surface area contributed by atoms with E-state index < -0.39 is 0 Å². The van der Waals surface area contributed by atoms with Crippen LogP contribution in [0.1, 0.15) is 48.4 Å². The fraction of sp³-hybridized carbons (Fsp3) is 0.367. The molecule has 1 saturated carbocycles. The highest BCUT2D eigenvalue weighted by Crippen LogP contribution is 2.30. The van der Waals surface area contributed by atoms with Crippen molar-refractivity contribution in [2.24, 2.45) is 17.6 Å². The average Bonchev–Trinajstić information content (AvgIpc) is 2.89. The Labute approximate surface area is 203 Å². The summed E-state index contributed by atoms with van der Waals surface area (Å²) in [6.07, 6.45) is 4.72. The van der Waals surface area contributed by atoms with Crippen molar-refractivity contribution in [1.82, 2.24) is 5.32 Å². The predicted octanol–water partition coefficient (Wildman–Crippen LogP) is 5.67. The van der Waals surface area contributed by atoms with Gasteiger partial charge in [0.2, 0.25) is 5.91 Å². The molecule has 178 valence electrons. The Balaban J connectivity index is 1.55. The summed E-state index contributed by atoms with van der Waals surface area (Å²) in [6, 6.07) is 27.4. The Morgan fingerprint density at radius 3 is 2.32 bits per heavy atom. The number of rotatable bonds is 9. The Kier molecular flexibility index (Phi) is 8.51. The molecule has 1 atom stereocenters. The van der Waals surface area contributed by atoms with Crippen LogP contribution in [0.5, 0.6) is 0 Å². The third-order valence-corrected chi connectivity index (χ3v) is 7.04. The third-order valence-electron chi connectivity index (χ3n) is 7.04. The van der Waals surface area contributed by atoms with E-state index in [4.69, 9.17) is 10.5 Å². The molecule has 0 aromatic heterocycles. The molecule has 0 heterocycles. The summed E-state index contributed by atoms with van der Waals surface area (Å²) in [6.45, 7) is 1.34. The number of nitrogens with two attached hydrogens (primary N) is 1. The molecular formula is C30H36N2O2. The van der Waals surface area contributed by atoms with Crippen LogP contribution in [0.25, 0.3) is 11.1 Å². The standard InChI is InChI=1S/C30H36N2O2/c1-34-21-24-12-14-25(15-13-24)27-8-5-9-28(19-27)29(18-22-6-3-2-4-7-22)32-30(33)26-16-10-23(20-31)11-17-26/h2-9,12-15,19,23,26,29H,10-11,16-18,20-21,31H2,1H3,(H,32,33). The Bertz CT molecular complexity index is 1040. The lowest BCUT2D eigenvalue weighted by atomic mass is 9.81. The summed E-state index contributed by atoms with van der Waals surface area (Å²) < 4.78 is 5.23. The van der Waals surface area contributed by atoms with Gasteiger partial charge in [0.15, 0.2) is 0 Å². The zero-order chi connectivity index (χ0) is 23.8. The summed E-state index contributed by atoms with van der Waals surface area (Å²) >= 11 is 0. The first-order valence-electron chi connectivity index (χ1n) is 12.4. The number of carbonyl (C=O) groups excluding carboxylic acids is 1. The number of nitrogens with one attached hydrogen (secondary N) is 1. The van der Waals surface area contributed by atoms with Gasteiger partial charge in [-0.3, -0.25) is 4.79 Å². The van der Waals surface area contributed by atoms with Gasteiger partial charge in [0.25, 0.3) is 0 Å². The minimum atomic E-state index is -0.0742. The Morgan fingerprint density at radius 1 is 0.912 bits per heavy atom. The molecule has 1 amide bonds. The van der Waals surface area contributed by atoms with Crippen LogP contribution < -0.4 is 11.1 Å². The van der Waals surface area contributed by atoms with E-state index >= 15 is 0 Å². The maximum Gasteiger partial charge on any atom is 0.223 e. The summed E-state index contributed by atoms with van der Waals surface area (Å²) in [4.78, 5) is 13.3. The molecule has 1 aliphatic carbocycles. The van der Waals surface area contributed by atoms with Gasteiger partial charge in [-0.2, -0.15) is 0 Å². The highest BCUT2D eigenvalue weighted by Gasteiger charge is 2.27. The molecule has 0 aliphatic heterocycles. The smallest absolute Gasteiger partial charge is 0.223 e. The van der Waals surface area contributed by atoms with E-state index in [0.29, 0.717) is 12.5 Å².